The zero-order valence-corrected chi connectivity index (χ0v) is 21.4. The van der Waals surface area contributed by atoms with Gasteiger partial charge in [-0.1, -0.05) is 23.2 Å². The third-order valence-electron chi connectivity index (χ3n) is 5.61. The van der Waals surface area contributed by atoms with E-state index in [1.807, 2.05) is 31.3 Å². The van der Waals surface area contributed by atoms with Crippen molar-refractivity contribution in [3.8, 4) is 17.0 Å². The summed E-state index contributed by atoms with van der Waals surface area (Å²) >= 11 is 12.6. The number of anilines is 1. The molecule has 5 rings (SSSR count). The number of fused-ring (bicyclic) bond motifs is 1. The van der Waals surface area contributed by atoms with Crippen molar-refractivity contribution in [2.75, 3.05) is 31.1 Å². The molecular formula is C23H24Cl4N6O. The van der Waals surface area contributed by atoms with E-state index >= 15 is 0 Å². The van der Waals surface area contributed by atoms with E-state index in [-0.39, 0.29) is 30.9 Å². The fourth-order valence-electron chi connectivity index (χ4n) is 3.97. The van der Waals surface area contributed by atoms with Crippen LogP contribution in [0.3, 0.4) is 0 Å². The summed E-state index contributed by atoms with van der Waals surface area (Å²) < 4.78 is 6.16. The molecule has 0 spiro atoms. The smallest absolute Gasteiger partial charge is 0.128 e. The monoisotopic (exact) mass is 540 g/mol. The summed E-state index contributed by atoms with van der Waals surface area (Å²) in [6.07, 6.45) is 4.67. The van der Waals surface area contributed by atoms with E-state index in [2.05, 4.69) is 42.5 Å². The van der Waals surface area contributed by atoms with Gasteiger partial charge in [0.1, 0.15) is 23.4 Å². The molecule has 0 aliphatic carbocycles. The second-order valence-corrected chi connectivity index (χ2v) is 8.51. The largest absolute Gasteiger partial charge is 0.486 e. The van der Waals surface area contributed by atoms with Crippen molar-refractivity contribution >= 4 is 64.7 Å². The highest BCUT2D eigenvalue weighted by Crippen LogP contribution is 2.34. The molecule has 1 aliphatic rings. The lowest BCUT2D eigenvalue weighted by Gasteiger charge is -2.28. The number of nitrogens with zero attached hydrogens (tertiary/aromatic N) is 4. The van der Waals surface area contributed by atoms with Crippen molar-refractivity contribution in [3.05, 3.63) is 64.5 Å². The lowest BCUT2D eigenvalue weighted by atomic mass is 10.1. The number of benzene rings is 1. The molecule has 3 aromatic heterocycles. The molecule has 0 radical (unpaired) electrons. The van der Waals surface area contributed by atoms with Gasteiger partial charge in [-0.05, 0) is 37.3 Å². The Bertz CT molecular complexity index is 1220. The molecule has 34 heavy (non-hydrogen) atoms. The van der Waals surface area contributed by atoms with Crippen LogP contribution in [0, 0.1) is 0 Å². The highest BCUT2D eigenvalue weighted by atomic mass is 35.5. The molecule has 1 fully saturated rings. The number of piperazine rings is 1. The Kier molecular flexibility index (Phi) is 8.84. The van der Waals surface area contributed by atoms with Crippen LogP contribution in [0.4, 0.5) is 5.82 Å². The van der Waals surface area contributed by atoms with E-state index in [9.17, 15) is 0 Å². The SMILES string of the molecule is CC(Oc1ccc2[nH]nc(-c3ccc(N4CCNCC4)nc3)c2c1)c1c(Cl)cncc1Cl.Cl.Cl. The van der Waals surface area contributed by atoms with Gasteiger partial charge in [-0.25, -0.2) is 4.98 Å². The third kappa shape index (κ3) is 5.34. The van der Waals surface area contributed by atoms with Gasteiger partial charge < -0.3 is 15.0 Å². The van der Waals surface area contributed by atoms with Crippen molar-refractivity contribution < 1.29 is 4.74 Å². The molecule has 0 bridgehead atoms. The van der Waals surface area contributed by atoms with Gasteiger partial charge in [-0.2, -0.15) is 5.10 Å². The molecule has 7 nitrogen and oxygen atoms in total. The zero-order valence-electron chi connectivity index (χ0n) is 18.3. The molecule has 4 heterocycles. The molecule has 1 unspecified atom stereocenters. The molecule has 0 saturated carbocycles. The molecule has 1 aromatic carbocycles. The predicted molar refractivity (Wildman–Crippen MR) is 142 cm³/mol. The van der Waals surface area contributed by atoms with E-state index in [1.54, 1.807) is 12.4 Å². The summed E-state index contributed by atoms with van der Waals surface area (Å²) in [6, 6.07) is 9.93. The molecule has 0 amide bonds. The predicted octanol–water partition coefficient (Wildman–Crippen LogP) is 5.72. The first kappa shape index (κ1) is 26.3. The third-order valence-corrected chi connectivity index (χ3v) is 6.21. The minimum absolute atomic E-state index is 0. The first-order chi connectivity index (χ1) is 15.6. The van der Waals surface area contributed by atoms with Crippen LogP contribution in [0.15, 0.2) is 48.9 Å². The number of aromatic nitrogens is 4. The summed E-state index contributed by atoms with van der Waals surface area (Å²) in [5, 5.41) is 12.9. The normalized spacial score (nSPS) is 14.3. The van der Waals surface area contributed by atoms with Gasteiger partial charge in [0.2, 0.25) is 0 Å². The number of hydrogen-bond donors (Lipinski definition) is 2. The van der Waals surface area contributed by atoms with Crippen molar-refractivity contribution in [3.63, 3.8) is 0 Å². The number of halogens is 4. The van der Waals surface area contributed by atoms with Crippen LogP contribution in [0.2, 0.25) is 10.0 Å². The van der Waals surface area contributed by atoms with Gasteiger partial charge in [0.05, 0.1) is 15.6 Å². The summed E-state index contributed by atoms with van der Waals surface area (Å²) in [7, 11) is 0. The van der Waals surface area contributed by atoms with Crippen LogP contribution in [-0.4, -0.2) is 46.3 Å². The summed E-state index contributed by atoms with van der Waals surface area (Å²) in [5.41, 5.74) is 3.41. The summed E-state index contributed by atoms with van der Waals surface area (Å²) in [5.74, 6) is 1.68. The topological polar surface area (TPSA) is 79.0 Å². The Balaban J connectivity index is 0.00000162. The van der Waals surface area contributed by atoms with Crippen molar-refractivity contribution in [2.24, 2.45) is 0 Å². The molecule has 1 saturated heterocycles. The zero-order chi connectivity index (χ0) is 22.1. The number of hydrogen-bond acceptors (Lipinski definition) is 6. The van der Waals surface area contributed by atoms with Crippen molar-refractivity contribution in [1.29, 1.82) is 0 Å². The van der Waals surface area contributed by atoms with Crippen LogP contribution >= 0.6 is 48.0 Å². The van der Waals surface area contributed by atoms with Gasteiger partial charge in [0, 0.05) is 61.3 Å². The summed E-state index contributed by atoms with van der Waals surface area (Å²) in [4.78, 5) is 11.0. The quantitative estimate of drug-likeness (QED) is 0.336. The van der Waals surface area contributed by atoms with E-state index < -0.39 is 0 Å². The number of rotatable bonds is 5. The van der Waals surface area contributed by atoms with Crippen LogP contribution in [0.5, 0.6) is 5.75 Å². The van der Waals surface area contributed by atoms with Crippen LogP contribution in [0.1, 0.15) is 18.6 Å². The molecule has 1 atom stereocenters. The van der Waals surface area contributed by atoms with Gasteiger partial charge in [0.25, 0.3) is 0 Å². The number of H-pyrrole nitrogens is 1. The number of pyridine rings is 2. The van der Waals surface area contributed by atoms with Crippen LogP contribution < -0.4 is 15.0 Å². The van der Waals surface area contributed by atoms with Crippen molar-refractivity contribution in [2.45, 2.75) is 13.0 Å². The number of nitrogens with one attached hydrogen (secondary N) is 2. The number of ether oxygens (including phenoxy) is 1. The highest BCUT2D eigenvalue weighted by molar-refractivity contribution is 6.35. The molecule has 2 N–H and O–H groups in total. The maximum absolute atomic E-state index is 6.29. The second-order valence-electron chi connectivity index (χ2n) is 7.70. The van der Waals surface area contributed by atoms with Gasteiger partial charge in [-0.15, -0.1) is 24.8 Å². The number of aromatic amines is 1. The minimum atomic E-state index is -0.342. The molecule has 4 aromatic rings. The Morgan fingerprint density at radius 2 is 1.74 bits per heavy atom. The van der Waals surface area contributed by atoms with Crippen molar-refractivity contribution in [1.82, 2.24) is 25.5 Å². The summed E-state index contributed by atoms with van der Waals surface area (Å²) in [6.45, 7) is 5.78. The minimum Gasteiger partial charge on any atom is -0.486 e. The maximum atomic E-state index is 6.29. The van der Waals surface area contributed by atoms with Gasteiger partial charge in [-0.3, -0.25) is 10.1 Å². The Morgan fingerprint density at radius 3 is 2.41 bits per heavy atom. The molecule has 180 valence electrons. The Morgan fingerprint density at radius 1 is 1.00 bits per heavy atom. The van der Waals surface area contributed by atoms with Crippen LogP contribution in [0.25, 0.3) is 22.2 Å². The molecule has 1 aliphatic heterocycles. The van der Waals surface area contributed by atoms with E-state index in [0.717, 1.165) is 54.2 Å². The van der Waals surface area contributed by atoms with E-state index in [4.69, 9.17) is 27.9 Å². The van der Waals surface area contributed by atoms with E-state index in [1.165, 1.54) is 0 Å². The average molecular weight is 542 g/mol. The highest BCUT2D eigenvalue weighted by Gasteiger charge is 2.18. The lowest BCUT2D eigenvalue weighted by molar-refractivity contribution is 0.227. The average Bonchev–Trinajstić information content (AvgIpc) is 3.23. The van der Waals surface area contributed by atoms with Crippen LogP contribution in [-0.2, 0) is 0 Å². The fraction of sp³-hybridized carbons (Fsp3) is 0.261. The molecule has 11 heteroatoms. The first-order valence-corrected chi connectivity index (χ1v) is 11.2. The van der Waals surface area contributed by atoms with E-state index in [0.29, 0.717) is 21.4 Å². The molecular weight excluding hydrogens is 518 g/mol. The first-order valence-electron chi connectivity index (χ1n) is 10.5. The second kappa shape index (κ2) is 11.4. The standard InChI is InChI=1S/C23H22Cl2N6O.2ClH/c1-14(22-18(24)12-27-13-19(22)25)32-16-3-4-20-17(10-16)23(30-29-20)15-2-5-21(28-11-15)31-8-6-26-7-9-31;;/h2-5,10-14,26H,6-9H2,1H3,(H,29,30);2*1H. The van der Waals surface area contributed by atoms with Gasteiger partial charge >= 0.3 is 0 Å². The maximum Gasteiger partial charge on any atom is 0.128 e. The Hall–Kier alpha value is -2.29. The van der Waals surface area contributed by atoms with Gasteiger partial charge in [0.15, 0.2) is 0 Å². The fourth-order valence-corrected chi connectivity index (χ4v) is 4.64. The Labute approximate surface area is 220 Å². The lowest BCUT2D eigenvalue weighted by Crippen LogP contribution is -2.43.